The Balaban J connectivity index is 2.23. The molecule has 1 fully saturated rings. The van der Waals surface area contributed by atoms with Crippen LogP contribution in [0.1, 0.15) is 12.8 Å². The quantitative estimate of drug-likeness (QED) is 0.693. The molecule has 2 N–H and O–H groups in total. The highest BCUT2D eigenvalue weighted by atomic mass is 19.4. The highest BCUT2D eigenvalue weighted by Crippen LogP contribution is 2.16. The number of alkyl halides is 3. The lowest BCUT2D eigenvalue weighted by Crippen LogP contribution is -2.47. The Morgan fingerprint density at radius 3 is 2.65 bits per heavy atom. The van der Waals surface area contributed by atoms with Crippen molar-refractivity contribution in [3.8, 4) is 0 Å². The van der Waals surface area contributed by atoms with Crippen LogP contribution in [0, 0.1) is 0 Å². The molecule has 1 aliphatic rings. The van der Waals surface area contributed by atoms with Crippen LogP contribution in [0.2, 0.25) is 0 Å². The molecule has 0 aromatic carbocycles. The van der Waals surface area contributed by atoms with E-state index >= 15 is 0 Å². The van der Waals surface area contributed by atoms with Crippen LogP contribution in [0.5, 0.6) is 0 Å². The van der Waals surface area contributed by atoms with Crippen molar-refractivity contribution in [2.45, 2.75) is 25.1 Å². The maximum atomic E-state index is 11.7. The Hall–Kier alpha value is -1.31. The molecule has 1 aliphatic heterocycles. The van der Waals surface area contributed by atoms with Gasteiger partial charge in [-0.15, -0.1) is 0 Å². The molecule has 8 heteroatoms. The third kappa shape index (κ3) is 5.03. The fourth-order valence-electron chi connectivity index (χ4n) is 1.46. The first kappa shape index (κ1) is 13.8. The second-order valence-corrected chi connectivity index (χ2v) is 3.68. The normalized spacial score (nSPS) is 20.8. The molecule has 5 nitrogen and oxygen atoms in total. The smallest absolute Gasteiger partial charge is 0.449 e. The first-order valence-corrected chi connectivity index (χ1v) is 5.13. The number of carbonyl (C=O) groups is 2. The van der Waals surface area contributed by atoms with Gasteiger partial charge in [0.25, 0.3) is 5.91 Å². The van der Waals surface area contributed by atoms with E-state index in [0.717, 1.165) is 19.4 Å². The van der Waals surface area contributed by atoms with E-state index in [1.807, 2.05) is 0 Å². The molecule has 0 aromatic heterocycles. The lowest BCUT2D eigenvalue weighted by molar-refractivity contribution is -0.200. The number of hydrogen-bond acceptors (Lipinski definition) is 4. The Morgan fingerprint density at radius 2 is 2.12 bits per heavy atom. The van der Waals surface area contributed by atoms with Crippen LogP contribution in [0.3, 0.4) is 0 Å². The zero-order valence-corrected chi connectivity index (χ0v) is 8.97. The van der Waals surface area contributed by atoms with E-state index in [9.17, 15) is 22.8 Å². The molecule has 0 aliphatic carbocycles. The molecular weight excluding hydrogens is 241 g/mol. The Morgan fingerprint density at radius 1 is 1.41 bits per heavy atom. The van der Waals surface area contributed by atoms with Crippen LogP contribution < -0.4 is 10.6 Å². The number of amides is 1. The minimum atomic E-state index is -5.06. The number of nitrogens with one attached hydrogen (secondary N) is 2. The molecule has 0 radical (unpaired) electrons. The number of hydrogen-bond donors (Lipinski definition) is 2. The van der Waals surface area contributed by atoms with Crippen molar-refractivity contribution in [2.75, 3.05) is 19.7 Å². The third-order valence-corrected chi connectivity index (χ3v) is 2.23. The zero-order chi connectivity index (χ0) is 12.9. The minimum Gasteiger partial charge on any atom is -0.449 e. The number of halogens is 3. The number of rotatable bonds is 3. The third-order valence-electron chi connectivity index (χ3n) is 2.23. The summed E-state index contributed by atoms with van der Waals surface area (Å²) in [5, 5.41) is 5.51. The molecule has 98 valence electrons. The standard InChI is InChI=1S/C9H13F3N2O3/c10-9(11,12)8(16)17-5-7(15)14-6-2-1-3-13-4-6/h6,13H,1-5H2,(H,14,15)/t6-/m0/s1. The second-order valence-electron chi connectivity index (χ2n) is 3.68. The van der Waals surface area contributed by atoms with Gasteiger partial charge in [-0.2, -0.15) is 13.2 Å². The molecule has 1 saturated heterocycles. The van der Waals surface area contributed by atoms with Crippen LogP contribution >= 0.6 is 0 Å². The van der Waals surface area contributed by atoms with Gasteiger partial charge in [-0.05, 0) is 19.4 Å². The van der Waals surface area contributed by atoms with E-state index in [1.54, 1.807) is 0 Å². The predicted octanol–water partition coefficient (Wildman–Crippen LogP) is -0.0399. The molecule has 1 amide bonds. The van der Waals surface area contributed by atoms with E-state index in [4.69, 9.17) is 0 Å². The van der Waals surface area contributed by atoms with Crippen molar-refractivity contribution in [3.63, 3.8) is 0 Å². The summed E-state index contributed by atoms with van der Waals surface area (Å²) in [5.41, 5.74) is 0. The molecule has 1 rings (SSSR count). The Kier molecular flexibility index (Phi) is 4.73. The fourth-order valence-corrected chi connectivity index (χ4v) is 1.46. The highest BCUT2D eigenvalue weighted by Gasteiger charge is 2.41. The topological polar surface area (TPSA) is 67.4 Å². The van der Waals surface area contributed by atoms with Gasteiger partial charge in [0, 0.05) is 12.6 Å². The molecule has 1 atom stereocenters. The first-order chi connectivity index (χ1) is 7.89. The largest absolute Gasteiger partial charge is 0.490 e. The summed E-state index contributed by atoms with van der Waals surface area (Å²) in [4.78, 5) is 21.5. The summed E-state index contributed by atoms with van der Waals surface area (Å²) >= 11 is 0. The van der Waals surface area contributed by atoms with Gasteiger partial charge in [-0.1, -0.05) is 0 Å². The second kappa shape index (κ2) is 5.85. The van der Waals surface area contributed by atoms with E-state index in [0.29, 0.717) is 6.54 Å². The maximum absolute atomic E-state index is 11.7. The van der Waals surface area contributed by atoms with Gasteiger partial charge < -0.3 is 15.4 Å². The number of esters is 1. The monoisotopic (exact) mass is 254 g/mol. The van der Waals surface area contributed by atoms with Gasteiger partial charge in [0.2, 0.25) is 0 Å². The van der Waals surface area contributed by atoms with E-state index in [2.05, 4.69) is 15.4 Å². The molecule has 0 aromatic rings. The summed E-state index contributed by atoms with van der Waals surface area (Å²) in [7, 11) is 0. The maximum Gasteiger partial charge on any atom is 0.490 e. The highest BCUT2D eigenvalue weighted by molar-refractivity contribution is 5.82. The van der Waals surface area contributed by atoms with E-state index in [-0.39, 0.29) is 6.04 Å². The van der Waals surface area contributed by atoms with E-state index in [1.165, 1.54) is 0 Å². The summed E-state index contributed by atoms with van der Waals surface area (Å²) in [6.45, 7) is 0.517. The SMILES string of the molecule is O=C(COC(=O)C(F)(F)F)N[C@H]1CCCNC1. The van der Waals surface area contributed by atoms with Gasteiger partial charge >= 0.3 is 12.1 Å². The van der Waals surface area contributed by atoms with Crippen molar-refractivity contribution in [2.24, 2.45) is 0 Å². The van der Waals surface area contributed by atoms with Gasteiger partial charge in [0.1, 0.15) is 0 Å². The van der Waals surface area contributed by atoms with Gasteiger partial charge in [0.15, 0.2) is 6.61 Å². The molecule has 0 bridgehead atoms. The zero-order valence-electron chi connectivity index (χ0n) is 8.97. The Labute approximate surface area is 95.7 Å². The van der Waals surface area contributed by atoms with Crippen molar-refractivity contribution in [1.29, 1.82) is 0 Å². The molecular formula is C9H13F3N2O3. The summed E-state index contributed by atoms with van der Waals surface area (Å²) in [6, 6.07) is -0.124. The van der Waals surface area contributed by atoms with Crippen LogP contribution in [-0.4, -0.2) is 43.8 Å². The van der Waals surface area contributed by atoms with E-state index < -0.39 is 24.7 Å². The minimum absolute atomic E-state index is 0.124. The summed E-state index contributed by atoms with van der Waals surface area (Å²) < 4.78 is 39.0. The first-order valence-electron chi connectivity index (χ1n) is 5.13. The lowest BCUT2D eigenvalue weighted by atomic mass is 10.1. The number of carbonyl (C=O) groups excluding carboxylic acids is 2. The van der Waals surface area contributed by atoms with Crippen LogP contribution in [-0.2, 0) is 14.3 Å². The van der Waals surface area contributed by atoms with Crippen LogP contribution in [0.15, 0.2) is 0 Å². The summed E-state index contributed by atoms with van der Waals surface area (Å²) in [5.74, 6) is -3.08. The van der Waals surface area contributed by atoms with Gasteiger partial charge in [0.05, 0.1) is 0 Å². The van der Waals surface area contributed by atoms with Gasteiger partial charge in [-0.25, -0.2) is 4.79 Å². The van der Waals surface area contributed by atoms with Gasteiger partial charge in [-0.3, -0.25) is 4.79 Å². The average Bonchev–Trinajstić information content (AvgIpc) is 2.26. The fraction of sp³-hybridized carbons (Fsp3) is 0.778. The molecule has 0 spiro atoms. The van der Waals surface area contributed by atoms with Crippen molar-refractivity contribution < 1.29 is 27.5 Å². The van der Waals surface area contributed by atoms with Crippen molar-refractivity contribution >= 4 is 11.9 Å². The lowest BCUT2D eigenvalue weighted by Gasteiger charge is -2.23. The molecule has 17 heavy (non-hydrogen) atoms. The molecule has 0 saturated carbocycles. The average molecular weight is 254 g/mol. The van der Waals surface area contributed by atoms with Crippen LogP contribution in [0.4, 0.5) is 13.2 Å². The van der Waals surface area contributed by atoms with Crippen LogP contribution in [0.25, 0.3) is 0 Å². The Bertz CT molecular complexity index is 288. The predicted molar refractivity (Wildman–Crippen MR) is 51.0 cm³/mol. The van der Waals surface area contributed by atoms with Crippen molar-refractivity contribution in [1.82, 2.24) is 10.6 Å². The molecule has 0 unspecified atom stereocenters. The summed E-state index contributed by atoms with van der Waals surface area (Å²) in [6.07, 6.45) is -3.42. The molecule has 1 heterocycles. The number of ether oxygens (including phenoxy) is 1. The number of piperidine rings is 1. The van der Waals surface area contributed by atoms with Crippen molar-refractivity contribution in [3.05, 3.63) is 0 Å².